The highest BCUT2D eigenvalue weighted by Crippen LogP contribution is 2.34. The fourth-order valence-corrected chi connectivity index (χ4v) is 3.05. The molecule has 1 aromatic carbocycles. The predicted octanol–water partition coefficient (Wildman–Crippen LogP) is 2.06. The summed E-state index contributed by atoms with van der Waals surface area (Å²) >= 11 is 0. The maximum atomic E-state index is 12.6. The molecule has 1 N–H and O–H groups in total. The number of aromatic nitrogens is 2. The Morgan fingerprint density at radius 2 is 2.04 bits per heavy atom. The van der Waals surface area contributed by atoms with E-state index in [9.17, 15) is 4.79 Å². The smallest absolute Gasteiger partial charge is 0.231 e. The van der Waals surface area contributed by atoms with Crippen LogP contribution in [0.15, 0.2) is 36.7 Å². The van der Waals surface area contributed by atoms with Crippen molar-refractivity contribution in [2.75, 3.05) is 30.1 Å². The zero-order valence-electron chi connectivity index (χ0n) is 13.1. The Morgan fingerprint density at radius 1 is 1.21 bits per heavy atom. The number of nitrogens with zero attached hydrogens (tertiary/aromatic N) is 3. The Hall–Kier alpha value is -2.83. The average Bonchev–Trinajstić information content (AvgIpc) is 3.10. The highest BCUT2D eigenvalue weighted by Gasteiger charge is 2.27. The molecule has 0 aliphatic carbocycles. The van der Waals surface area contributed by atoms with Crippen molar-refractivity contribution in [2.45, 2.75) is 12.8 Å². The fourth-order valence-electron chi connectivity index (χ4n) is 3.05. The molecule has 0 spiro atoms. The van der Waals surface area contributed by atoms with Crippen molar-refractivity contribution in [3.05, 3.63) is 36.7 Å². The standard InChI is InChI=1S/C17H18N4O3/c22-16(20-13-4-5-14-15(9-13)24-11-23-14)12-3-1-8-21(10-12)17-18-6-2-7-19-17/h2,4-7,9,12H,1,3,8,10-11H2,(H,20,22). The molecule has 1 amide bonds. The second-order valence-corrected chi connectivity index (χ2v) is 5.89. The number of hydrogen-bond donors (Lipinski definition) is 1. The van der Waals surface area contributed by atoms with Gasteiger partial charge < -0.3 is 19.7 Å². The van der Waals surface area contributed by atoms with Crippen LogP contribution >= 0.6 is 0 Å². The van der Waals surface area contributed by atoms with Gasteiger partial charge in [-0.1, -0.05) is 0 Å². The summed E-state index contributed by atoms with van der Waals surface area (Å²) < 4.78 is 10.6. The lowest BCUT2D eigenvalue weighted by Gasteiger charge is -2.31. The molecule has 4 rings (SSSR count). The van der Waals surface area contributed by atoms with E-state index in [4.69, 9.17) is 9.47 Å². The number of anilines is 2. The van der Waals surface area contributed by atoms with E-state index in [0.29, 0.717) is 24.0 Å². The largest absolute Gasteiger partial charge is 0.454 e. The van der Waals surface area contributed by atoms with E-state index in [2.05, 4.69) is 20.2 Å². The Balaban J connectivity index is 1.42. The molecular formula is C17H18N4O3. The highest BCUT2D eigenvalue weighted by molar-refractivity contribution is 5.93. The molecule has 1 unspecified atom stereocenters. The van der Waals surface area contributed by atoms with E-state index in [-0.39, 0.29) is 18.6 Å². The molecule has 124 valence electrons. The van der Waals surface area contributed by atoms with E-state index in [1.165, 1.54) is 0 Å². The van der Waals surface area contributed by atoms with Crippen LogP contribution in [0.2, 0.25) is 0 Å². The normalized spacial score (nSPS) is 19.2. The summed E-state index contributed by atoms with van der Waals surface area (Å²) in [6, 6.07) is 7.22. The van der Waals surface area contributed by atoms with Gasteiger partial charge >= 0.3 is 0 Å². The molecule has 3 heterocycles. The minimum absolute atomic E-state index is 0.00879. The van der Waals surface area contributed by atoms with Crippen molar-refractivity contribution in [1.82, 2.24) is 9.97 Å². The summed E-state index contributed by atoms with van der Waals surface area (Å²) in [5.74, 6) is 1.97. The SMILES string of the molecule is O=C(Nc1ccc2c(c1)OCO2)C1CCCN(c2ncccn2)C1. The number of carbonyl (C=O) groups excluding carboxylic acids is 1. The summed E-state index contributed by atoms with van der Waals surface area (Å²) in [5, 5.41) is 2.97. The van der Waals surface area contributed by atoms with Crippen molar-refractivity contribution in [3.63, 3.8) is 0 Å². The van der Waals surface area contributed by atoms with Gasteiger partial charge in [0.25, 0.3) is 0 Å². The van der Waals surface area contributed by atoms with Gasteiger partial charge in [0.2, 0.25) is 18.6 Å². The monoisotopic (exact) mass is 326 g/mol. The number of benzene rings is 1. The second-order valence-electron chi connectivity index (χ2n) is 5.89. The van der Waals surface area contributed by atoms with Gasteiger partial charge in [-0.05, 0) is 31.0 Å². The summed E-state index contributed by atoms with van der Waals surface area (Å²) in [4.78, 5) is 23.2. The Kier molecular flexibility index (Phi) is 3.90. The van der Waals surface area contributed by atoms with Gasteiger partial charge in [0.05, 0.1) is 5.92 Å². The fraction of sp³-hybridized carbons (Fsp3) is 0.353. The van der Waals surface area contributed by atoms with Crippen molar-refractivity contribution in [2.24, 2.45) is 5.92 Å². The van der Waals surface area contributed by atoms with Crippen molar-refractivity contribution in [1.29, 1.82) is 0 Å². The number of piperidine rings is 1. The van der Waals surface area contributed by atoms with E-state index < -0.39 is 0 Å². The van der Waals surface area contributed by atoms with Crippen LogP contribution in [0.5, 0.6) is 11.5 Å². The molecule has 0 radical (unpaired) electrons. The van der Waals surface area contributed by atoms with Crippen LogP contribution in [-0.4, -0.2) is 35.8 Å². The number of fused-ring (bicyclic) bond motifs is 1. The number of ether oxygens (including phenoxy) is 2. The van der Waals surface area contributed by atoms with Gasteiger partial charge in [0.1, 0.15) is 0 Å². The number of amides is 1. The Bertz CT molecular complexity index is 738. The highest BCUT2D eigenvalue weighted by atomic mass is 16.7. The molecule has 2 aliphatic heterocycles. The minimum atomic E-state index is -0.0898. The Labute approximate surface area is 139 Å². The van der Waals surface area contributed by atoms with Crippen molar-refractivity contribution in [3.8, 4) is 11.5 Å². The molecule has 1 saturated heterocycles. The average molecular weight is 326 g/mol. The second kappa shape index (κ2) is 6.35. The lowest BCUT2D eigenvalue weighted by molar-refractivity contribution is -0.120. The number of carbonyl (C=O) groups is 1. The maximum absolute atomic E-state index is 12.6. The molecule has 2 aliphatic rings. The quantitative estimate of drug-likeness (QED) is 0.930. The van der Waals surface area contributed by atoms with Crippen LogP contribution in [0.3, 0.4) is 0 Å². The van der Waals surface area contributed by atoms with Crippen molar-refractivity contribution < 1.29 is 14.3 Å². The van der Waals surface area contributed by atoms with Gasteiger partial charge in [0, 0.05) is 37.2 Å². The Morgan fingerprint density at radius 3 is 2.92 bits per heavy atom. The first-order valence-corrected chi connectivity index (χ1v) is 8.02. The first-order valence-electron chi connectivity index (χ1n) is 8.02. The zero-order valence-corrected chi connectivity index (χ0v) is 13.1. The molecular weight excluding hydrogens is 308 g/mol. The van der Waals surface area contributed by atoms with Gasteiger partial charge in [-0.3, -0.25) is 4.79 Å². The molecule has 0 saturated carbocycles. The van der Waals surface area contributed by atoms with E-state index in [0.717, 1.165) is 25.1 Å². The molecule has 2 aromatic rings. The summed E-state index contributed by atoms with van der Waals surface area (Å²) in [6.07, 6.45) is 5.24. The number of nitrogens with one attached hydrogen (secondary N) is 1. The molecule has 1 fully saturated rings. The third-order valence-electron chi connectivity index (χ3n) is 4.27. The summed E-state index contributed by atoms with van der Waals surface area (Å²) in [5.41, 5.74) is 0.720. The third kappa shape index (κ3) is 2.97. The topological polar surface area (TPSA) is 76.6 Å². The van der Waals surface area contributed by atoms with Crippen LogP contribution in [-0.2, 0) is 4.79 Å². The first-order chi connectivity index (χ1) is 11.8. The minimum Gasteiger partial charge on any atom is -0.454 e. The molecule has 24 heavy (non-hydrogen) atoms. The molecule has 7 nitrogen and oxygen atoms in total. The summed E-state index contributed by atoms with van der Waals surface area (Å²) in [7, 11) is 0. The van der Waals surface area contributed by atoms with E-state index in [1.807, 2.05) is 12.1 Å². The number of hydrogen-bond acceptors (Lipinski definition) is 6. The van der Waals surface area contributed by atoms with Gasteiger partial charge in [-0.25, -0.2) is 9.97 Å². The van der Waals surface area contributed by atoms with Crippen LogP contribution < -0.4 is 19.7 Å². The first kappa shape index (κ1) is 14.7. The predicted molar refractivity (Wildman–Crippen MR) is 88.2 cm³/mol. The van der Waals surface area contributed by atoms with Gasteiger partial charge in [-0.2, -0.15) is 0 Å². The maximum Gasteiger partial charge on any atom is 0.231 e. The molecule has 1 aromatic heterocycles. The van der Waals surface area contributed by atoms with Crippen LogP contribution in [0, 0.1) is 5.92 Å². The van der Waals surface area contributed by atoms with Crippen molar-refractivity contribution >= 4 is 17.5 Å². The zero-order chi connectivity index (χ0) is 16.4. The van der Waals surface area contributed by atoms with Crippen LogP contribution in [0.1, 0.15) is 12.8 Å². The van der Waals surface area contributed by atoms with E-state index >= 15 is 0 Å². The van der Waals surface area contributed by atoms with Gasteiger partial charge in [0.15, 0.2) is 11.5 Å². The van der Waals surface area contributed by atoms with E-state index in [1.54, 1.807) is 24.5 Å². The lowest BCUT2D eigenvalue weighted by Crippen LogP contribution is -2.41. The third-order valence-corrected chi connectivity index (χ3v) is 4.27. The van der Waals surface area contributed by atoms with Crippen LogP contribution in [0.25, 0.3) is 0 Å². The summed E-state index contributed by atoms with van der Waals surface area (Å²) in [6.45, 7) is 1.72. The number of rotatable bonds is 3. The van der Waals surface area contributed by atoms with Gasteiger partial charge in [-0.15, -0.1) is 0 Å². The molecule has 7 heteroatoms. The lowest BCUT2D eigenvalue weighted by atomic mass is 9.97. The van der Waals surface area contributed by atoms with Crippen LogP contribution in [0.4, 0.5) is 11.6 Å². The molecule has 0 bridgehead atoms. The molecule has 1 atom stereocenters.